The van der Waals surface area contributed by atoms with Crippen LogP contribution in [0.4, 0.5) is 5.82 Å². The molecule has 2 N–H and O–H groups in total. The molecule has 0 bridgehead atoms. The van der Waals surface area contributed by atoms with Gasteiger partial charge in [0.05, 0.1) is 18.5 Å². The zero-order chi connectivity index (χ0) is 10.7. The molecule has 15 heavy (non-hydrogen) atoms. The van der Waals surface area contributed by atoms with Gasteiger partial charge in [-0.25, -0.2) is 4.98 Å². The number of aliphatic hydroxyl groups excluding tert-OH is 1. The quantitative estimate of drug-likeness (QED) is 0.826. The van der Waals surface area contributed by atoms with Crippen LogP contribution in [0.25, 0.3) is 0 Å². The highest BCUT2D eigenvalue weighted by Gasteiger charge is 2.24. The molecule has 1 fully saturated rings. The van der Waals surface area contributed by atoms with Crippen LogP contribution in [-0.2, 0) is 0 Å². The summed E-state index contributed by atoms with van der Waals surface area (Å²) in [5.41, 5.74) is 0. The van der Waals surface area contributed by atoms with E-state index in [9.17, 15) is 5.11 Å². The van der Waals surface area contributed by atoms with Gasteiger partial charge in [-0.1, -0.05) is 18.0 Å². The van der Waals surface area contributed by atoms with Gasteiger partial charge in [0.1, 0.15) is 11.0 Å². The molecule has 4 nitrogen and oxygen atoms in total. The minimum absolute atomic E-state index is 0.176. The second kappa shape index (κ2) is 4.77. The van der Waals surface area contributed by atoms with Gasteiger partial charge < -0.3 is 10.4 Å². The van der Waals surface area contributed by atoms with Gasteiger partial charge in [-0.3, -0.25) is 4.98 Å². The molecule has 2 atom stereocenters. The molecule has 1 aliphatic rings. The molecule has 1 aliphatic carbocycles. The first kappa shape index (κ1) is 10.6. The molecule has 0 spiro atoms. The standard InChI is InChI=1S/C10H14ClN3O/c11-9-5-12-6-10(14-9)13-4-7-2-1-3-8(7)15/h5-8,15H,1-4H2,(H,13,14). The molecule has 2 unspecified atom stereocenters. The Hall–Kier alpha value is -0.870. The summed E-state index contributed by atoms with van der Waals surface area (Å²) >= 11 is 5.71. The van der Waals surface area contributed by atoms with E-state index in [1.165, 1.54) is 6.20 Å². The predicted molar refractivity (Wildman–Crippen MR) is 58.9 cm³/mol. The molecule has 0 aliphatic heterocycles. The Morgan fingerprint density at radius 1 is 1.47 bits per heavy atom. The van der Waals surface area contributed by atoms with Crippen molar-refractivity contribution in [3.63, 3.8) is 0 Å². The van der Waals surface area contributed by atoms with Crippen molar-refractivity contribution >= 4 is 17.4 Å². The number of hydrogen-bond donors (Lipinski definition) is 2. The fourth-order valence-corrected chi connectivity index (χ4v) is 2.07. The maximum Gasteiger partial charge on any atom is 0.149 e. The Bertz CT molecular complexity index is 334. The van der Waals surface area contributed by atoms with Gasteiger partial charge >= 0.3 is 0 Å². The minimum Gasteiger partial charge on any atom is -0.393 e. The Labute approximate surface area is 93.7 Å². The van der Waals surface area contributed by atoms with Crippen molar-refractivity contribution in [2.24, 2.45) is 5.92 Å². The molecule has 0 amide bonds. The number of nitrogens with zero attached hydrogens (tertiary/aromatic N) is 2. The summed E-state index contributed by atoms with van der Waals surface area (Å²) in [7, 11) is 0. The monoisotopic (exact) mass is 227 g/mol. The smallest absolute Gasteiger partial charge is 0.149 e. The topological polar surface area (TPSA) is 58.0 Å². The van der Waals surface area contributed by atoms with Crippen molar-refractivity contribution in [2.45, 2.75) is 25.4 Å². The van der Waals surface area contributed by atoms with E-state index in [0.717, 1.165) is 25.8 Å². The van der Waals surface area contributed by atoms with Gasteiger partial charge in [0.25, 0.3) is 0 Å². The van der Waals surface area contributed by atoms with Crippen molar-refractivity contribution in [1.29, 1.82) is 0 Å². The lowest BCUT2D eigenvalue weighted by Gasteiger charge is -2.15. The third-order valence-corrected chi connectivity index (χ3v) is 2.95. The average molecular weight is 228 g/mol. The second-order valence-electron chi connectivity index (χ2n) is 3.87. The highest BCUT2D eigenvalue weighted by atomic mass is 35.5. The second-order valence-corrected chi connectivity index (χ2v) is 4.25. The molecule has 0 aromatic carbocycles. The number of nitrogens with one attached hydrogen (secondary N) is 1. The van der Waals surface area contributed by atoms with E-state index in [1.54, 1.807) is 6.20 Å². The Morgan fingerprint density at radius 2 is 2.33 bits per heavy atom. The predicted octanol–water partition coefficient (Wildman–Crippen LogP) is 1.70. The first-order valence-corrected chi connectivity index (χ1v) is 5.53. The van der Waals surface area contributed by atoms with Crippen LogP contribution in [-0.4, -0.2) is 27.7 Å². The molecule has 2 rings (SSSR count). The lowest BCUT2D eigenvalue weighted by molar-refractivity contribution is 0.138. The van der Waals surface area contributed by atoms with E-state index in [-0.39, 0.29) is 6.10 Å². The Morgan fingerprint density at radius 3 is 3.00 bits per heavy atom. The molecule has 1 saturated carbocycles. The summed E-state index contributed by atoms with van der Waals surface area (Å²) in [6.07, 6.45) is 6.04. The maximum atomic E-state index is 9.62. The fourth-order valence-electron chi connectivity index (χ4n) is 1.92. The summed E-state index contributed by atoms with van der Waals surface area (Å²) in [6, 6.07) is 0. The number of aliphatic hydroxyl groups is 1. The van der Waals surface area contributed by atoms with Crippen LogP contribution >= 0.6 is 11.6 Å². The van der Waals surface area contributed by atoms with Crippen LogP contribution in [0.2, 0.25) is 5.15 Å². The lowest BCUT2D eigenvalue weighted by Crippen LogP contribution is -2.22. The van der Waals surface area contributed by atoms with Crippen LogP contribution in [0, 0.1) is 5.92 Å². The summed E-state index contributed by atoms with van der Waals surface area (Å²) in [5, 5.41) is 13.1. The number of anilines is 1. The third-order valence-electron chi connectivity index (χ3n) is 2.77. The molecule has 1 heterocycles. The van der Waals surface area contributed by atoms with Gasteiger partial charge in [0.2, 0.25) is 0 Å². The van der Waals surface area contributed by atoms with Crippen LogP contribution in [0.15, 0.2) is 12.4 Å². The summed E-state index contributed by atoms with van der Waals surface area (Å²) in [4.78, 5) is 8.00. The Kier molecular flexibility index (Phi) is 3.38. The van der Waals surface area contributed by atoms with Crippen molar-refractivity contribution in [1.82, 2.24) is 9.97 Å². The first-order chi connectivity index (χ1) is 7.25. The van der Waals surface area contributed by atoms with E-state index in [2.05, 4.69) is 15.3 Å². The third kappa shape index (κ3) is 2.79. The zero-order valence-electron chi connectivity index (χ0n) is 8.36. The Balaban J connectivity index is 1.87. The van der Waals surface area contributed by atoms with Crippen LogP contribution < -0.4 is 5.32 Å². The average Bonchev–Trinajstić information content (AvgIpc) is 2.61. The zero-order valence-corrected chi connectivity index (χ0v) is 9.11. The van der Waals surface area contributed by atoms with Crippen LogP contribution in [0.1, 0.15) is 19.3 Å². The molecule has 0 radical (unpaired) electrons. The van der Waals surface area contributed by atoms with E-state index in [4.69, 9.17) is 11.6 Å². The van der Waals surface area contributed by atoms with E-state index in [1.807, 2.05) is 0 Å². The first-order valence-electron chi connectivity index (χ1n) is 5.15. The highest BCUT2D eigenvalue weighted by molar-refractivity contribution is 6.29. The largest absolute Gasteiger partial charge is 0.393 e. The number of halogens is 1. The summed E-state index contributed by atoms with van der Waals surface area (Å²) < 4.78 is 0. The van der Waals surface area contributed by atoms with Crippen molar-refractivity contribution in [3.05, 3.63) is 17.5 Å². The van der Waals surface area contributed by atoms with Crippen LogP contribution in [0.3, 0.4) is 0 Å². The SMILES string of the molecule is OC1CCCC1CNc1cncc(Cl)n1. The number of aromatic nitrogens is 2. The minimum atomic E-state index is -0.176. The summed E-state index contributed by atoms with van der Waals surface area (Å²) in [6.45, 7) is 0.732. The van der Waals surface area contributed by atoms with Gasteiger partial charge in [-0.15, -0.1) is 0 Å². The summed E-state index contributed by atoms with van der Waals surface area (Å²) in [5.74, 6) is 0.993. The molecule has 1 aromatic heterocycles. The molecule has 0 saturated heterocycles. The number of hydrogen-bond acceptors (Lipinski definition) is 4. The molecular weight excluding hydrogens is 214 g/mol. The molecule has 5 heteroatoms. The van der Waals surface area contributed by atoms with Crippen molar-refractivity contribution in [3.8, 4) is 0 Å². The van der Waals surface area contributed by atoms with Gasteiger partial charge in [0, 0.05) is 12.5 Å². The van der Waals surface area contributed by atoms with Gasteiger partial charge in [-0.05, 0) is 12.8 Å². The highest BCUT2D eigenvalue weighted by Crippen LogP contribution is 2.25. The van der Waals surface area contributed by atoms with Crippen LogP contribution in [0.5, 0.6) is 0 Å². The van der Waals surface area contributed by atoms with Gasteiger partial charge in [0.15, 0.2) is 0 Å². The van der Waals surface area contributed by atoms with Crippen molar-refractivity contribution < 1.29 is 5.11 Å². The fraction of sp³-hybridized carbons (Fsp3) is 0.600. The number of rotatable bonds is 3. The maximum absolute atomic E-state index is 9.62. The van der Waals surface area contributed by atoms with Gasteiger partial charge in [-0.2, -0.15) is 0 Å². The molecular formula is C10H14ClN3O. The molecule has 1 aromatic rings. The lowest BCUT2D eigenvalue weighted by atomic mass is 10.1. The normalized spacial score (nSPS) is 25.5. The van der Waals surface area contributed by atoms with E-state index in [0.29, 0.717) is 16.9 Å². The van der Waals surface area contributed by atoms with E-state index < -0.39 is 0 Å². The van der Waals surface area contributed by atoms with E-state index >= 15 is 0 Å². The van der Waals surface area contributed by atoms with Crippen molar-refractivity contribution in [2.75, 3.05) is 11.9 Å². The molecule has 82 valence electrons.